The molecule has 0 fully saturated rings. The highest BCUT2D eigenvalue weighted by atomic mass is 16.5. The maximum absolute atomic E-state index is 5.12. The van der Waals surface area contributed by atoms with Gasteiger partial charge < -0.3 is 10.1 Å². The van der Waals surface area contributed by atoms with Crippen molar-refractivity contribution in [3.63, 3.8) is 0 Å². The van der Waals surface area contributed by atoms with E-state index in [1.165, 1.54) is 32.1 Å². The van der Waals surface area contributed by atoms with Crippen LogP contribution in [0.2, 0.25) is 0 Å². The van der Waals surface area contributed by atoms with Gasteiger partial charge in [0, 0.05) is 19.8 Å². The first kappa shape index (κ1) is 14.9. The van der Waals surface area contributed by atoms with E-state index in [2.05, 4.69) is 26.2 Å². The molecule has 0 spiro atoms. The van der Waals surface area contributed by atoms with Gasteiger partial charge in [0.15, 0.2) is 0 Å². The third kappa shape index (κ3) is 7.80. The Morgan fingerprint density at radius 3 is 2.40 bits per heavy atom. The van der Waals surface area contributed by atoms with Crippen LogP contribution < -0.4 is 5.32 Å². The molecule has 2 atom stereocenters. The van der Waals surface area contributed by atoms with Crippen LogP contribution >= 0.6 is 0 Å². The molecule has 0 bridgehead atoms. The molecule has 15 heavy (non-hydrogen) atoms. The van der Waals surface area contributed by atoms with Gasteiger partial charge in [0.2, 0.25) is 0 Å². The second-order valence-electron chi connectivity index (χ2n) is 4.50. The summed E-state index contributed by atoms with van der Waals surface area (Å²) in [6, 6.07) is 0.664. The van der Waals surface area contributed by atoms with E-state index in [0.717, 1.165) is 18.9 Å². The molecular weight excluding hydrogens is 186 g/mol. The Hall–Kier alpha value is -0.0800. The third-order valence-electron chi connectivity index (χ3n) is 3.20. The zero-order valence-electron chi connectivity index (χ0n) is 11.0. The number of hydrogen-bond acceptors (Lipinski definition) is 2. The minimum Gasteiger partial charge on any atom is -0.385 e. The Bertz CT molecular complexity index is 128. The number of unbranched alkanes of at least 4 members (excludes halogenated alkanes) is 3. The second kappa shape index (κ2) is 10.4. The molecule has 92 valence electrons. The molecule has 1 N–H and O–H groups in total. The summed E-state index contributed by atoms with van der Waals surface area (Å²) in [7, 11) is 3.86. The van der Waals surface area contributed by atoms with Gasteiger partial charge in [0.1, 0.15) is 0 Å². The maximum Gasteiger partial charge on any atom is 0.0465 e. The molecule has 2 unspecified atom stereocenters. The van der Waals surface area contributed by atoms with Crippen molar-refractivity contribution in [3.8, 4) is 0 Å². The van der Waals surface area contributed by atoms with Crippen LogP contribution in [-0.2, 0) is 4.74 Å². The topological polar surface area (TPSA) is 21.3 Å². The highest BCUT2D eigenvalue weighted by Gasteiger charge is 2.14. The molecule has 0 heterocycles. The molecule has 0 amide bonds. The van der Waals surface area contributed by atoms with Gasteiger partial charge in [-0.1, -0.05) is 39.5 Å². The van der Waals surface area contributed by atoms with Gasteiger partial charge in [-0.05, 0) is 25.8 Å². The van der Waals surface area contributed by atoms with E-state index in [4.69, 9.17) is 4.74 Å². The van der Waals surface area contributed by atoms with Crippen molar-refractivity contribution < 1.29 is 4.74 Å². The van der Waals surface area contributed by atoms with E-state index in [1.807, 2.05) is 0 Å². The summed E-state index contributed by atoms with van der Waals surface area (Å²) < 4.78 is 5.12. The molecule has 2 nitrogen and oxygen atoms in total. The molecule has 0 aliphatic heterocycles. The summed E-state index contributed by atoms with van der Waals surface area (Å²) in [6.45, 7) is 5.46. The van der Waals surface area contributed by atoms with E-state index in [1.54, 1.807) is 7.11 Å². The lowest BCUT2D eigenvalue weighted by Gasteiger charge is -2.23. The highest BCUT2D eigenvalue weighted by molar-refractivity contribution is 4.71. The molecule has 0 aromatic carbocycles. The van der Waals surface area contributed by atoms with Crippen LogP contribution in [0.1, 0.15) is 52.4 Å². The van der Waals surface area contributed by atoms with E-state index >= 15 is 0 Å². The zero-order chi connectivity index (χ0) is 11.5. The predicted octanol–water partition coefficient (Wildman–Crippen LogP) is 3.22. The van der Waals surface area contributed by atoms with Crippen LogP contribution in [0.5, 0.6) is 0 Å². The van der Waals surface area contributed by atoms with E-state index < -0.39 is 0 Å². The fourth-order valence-electron chi connectivity index (χ4n) is 2.01. The summed E-state index contributed by atoms with van der Waals surface area (Å²) >= 11 is 0. The molecule has 0 aliphatic carbocycles. The van der Waals surface area contributed by atoms with Gasteiger partial charge in [-0.25, -0.2) is 0 Å². The van der Waals surface area contributed by atoms with Crippen molar-refractivity contribution in [1.82, 2.24) is 5.32 Å². The first-order valence-corrected chi connectivity index (χ1v) is 6.42. The Labute approximate surface area is 95.8 Å². The Morgan fingerprint density at radius 1 is 1.13 bits per heavy atom. The lowest BCUT2D eigenvalue weighted by Crippen LogP contribution is -2.32. The fraction of sp³-hybridized carbons (Fsp3) is 1.00. The molecule has 0 aromatic rings. The first-order valence-electron chi connectivity index (χ1n) is 6.42. The van der Waals surface area contributed by atoms with Crippen molar-refractivity contribution >= 4 is 0 Å². The van der Waals surface area contributed by atoms with Gasteiger partial charge in [-0.3, -0.25) is 0 Å². The number of rotatable bonds is 10. The van der Waals surface area contributed by atoms with Gasteiger partial charge in [0.25, 0.3) is 0 Å². The molecule has 0 saturated heterocycles. The van der Waals surface area contributed by atoms with Crippen molar-refractivity contribution in [2.45, 2.75) is 58.4 Å². The normalized spacial score (nSPS) is 15.2. The van der Waals surface area contributed by atoms with Gasteiger partial charge in [0.05, 0.1) is 0 Å². The largest absolute Gasteiger partial charge is 0.385 e. The summed E-state index contributed by atoms with van der Waals surface area (Å²) in [6.07, 6.45) is 7.91. The van der Waals surface area contributed by atoms with Gasteiger partial charge in [-0.2, -0.15) is 0 Å². The van der Waals surface area contributed by atoms with E-state index in [9.17, 15) is 0 Å². The summed E-state index contributed by atoms with van der Waals surface area (Å²) in [4.78, 5) is 0. The molecule has 0 rings (SSSR count). The van der Waals surface area contributed by atoms with Crippen LogP contribution in [0.15, 0.2) is 0 Å². The second-order valence-corrected chi connectivity index (χ2v) is 4.50. The average molecular weight is 215 g/mol. The number of ether oxygens (including phenoxy) is 1. The molecule has 0 aliphatic rings. The van der Waals surface area contributed by atoms with Crippen LogP contribution in [-0.4, -0.2) is 26.8 Å². The van der Waals surface area contributed by atoms with Crippen LogP contribution in [0.25, 0.3) is 0 Å². The highest BCUT2D eigenvalue weighted by Crippen LogP contribution is 2.15. The summed E-state index contributed by atoms with van der Waals surface area (Å²) in [5.41, 5.74) is 0. The maximum atomic E-state index is 5.12. The van der Waals surface area contributed by atoms with Crippen molar-refractivity contribution in [1.29, 1.82) is 0 Å². The molecule has 0 saturated carbocycles. The summed E-state index contributed by atoms with van der Waals surface area (Å²) in [5.74, 6) is 0.719. The lowest BCUT2D eigenvalue weighted by molar-refractivity contribution is 0.169. The van der Waals surface area contributed by atoms with Crippen molar-refractivity contribution in [3.05, 3.63) is 0 Å². The van der Waals surface area contributed by atoms with E-state index in [0.29, 0.717) is 6.04 Å². The molecular formula is C13H29NO. The smallest absolute Gasteiger partial charge is 0.0465 e. The molecule has 0 aromatic heterocycles. The number of methoxy groups -OCH3 is 1. The fourth-order valence-corrected chi connectivity index (χ4v) is 2.01. The van der Waals surface area contributed by atoms with Crippen molar-refractivity contribution in [2.75, 3.05) is 20.8 Å². The Balaban J connectivity index is 3.60. The predicted molar refractivity (Wildman–Crippen MR) is 67.3 cm³/mol. The SMILES string of the molecule is CCCCCCC(NC)C(C)CCOC. The molecule has 0 radical (unpaired) electrons. The van der Waals surface area contributed by atoms with Gasteiger partial charge in [-0.15, -0.1) is 0 Å². The molecule has 2 heteroatoms. The van der Waals surface area contributed by atoms with Crippen LogP contribution in [0.3, 0.4) is 0 Å². The quantitative estimate of drug-likeness (QED) is 0.565. The Morgan fingerprint density at radius 2 is 1.87 bits per heavy atom. The monoisotopic (exact) mass is 215 g/mol. The zero-order valence-corrected chi connectivity index (χ0v) is 11.0. The van der Waals surface area contributed by atoms with E-state index in [-0.39, 0.29) is 0 Å². The average Bonchev–Trinajstić information content (AvgIpc) is 2.26. The van der Waals surface area contributed by atoms with Gasteiger partial charge >= 0.3 is 0 Å². The van der Waals surface area contributed by atoms with Crippen LogP contribution in [0.4, 0.5) is 0 Å². The lowest BCUT2D eigenvalue weighted by atomic mass is 9.94. The Kier molecular flexibility index (Phi) is 10.4. The standard InChI is InChI=1S/C13H29NO/c1-5-6-7-8-9-13(14-3)12(2)10-11-15-4/h12-14H,5-11H2,1-4H3. The number of nitrogens with one attached hydrogen (secondary N) is 1. The first-order chi connectivity index (χ1) is 7.26. The number of hydrogen-bond donors (Lipinski definition) is 1. The summed E-state index contributed by atoms with van der Waals surface area (Å²) in [5, 5.41) is 3.43. The third-order valence-corrected chi connectivity index (χ3v) is 3.20. The van der Waals surface area contributed by atoms with Crippen LogP contribution in [0, 0.1) is 5.92 Å². The minimum atomic E-state index is 0.664. The van der Waals surface area contributed by atoms with Crippen molar-refractivity contribution in [2.24, 2.45) is 5.92 Å². The minimum absolute atomic E-state index is 0.664.